The van der Waals surface area contributed by atoms with Crippen molar-refractivity contribution in [1.29, 1.82) is 0 Å². The Labute approximate surface area is 118 Å². The minimum Gasteiger partial charge on any atom is -0.175 e. The number of hydrogen-bond acceptors (Lipinski definition) is 2. The lowest BCUT2D eigenvalue weighted by atomic mass is 9.99. The molecule has 0 aliphatic heterocycles. The number of rotatable bonds is 2. The fourth-order valence-corrected chi connectivity index (χ4v) is 2.73. The van der Waals surface area contributed by atoms with Crippen LogP contribution in [0.15, 0.2) is 48.5 Å². The Hall–Kier alpha value is -1.12. The lowest BCUT2D eigenvalue weighted by Crippen LogP contribution is -1.84. The molecule has 0 N–H and O–H groups in total. The second kappa shape index (κ2) is 4.87. The van der Waals surface area contributed by atoms with Crippen LogP contribution in [-0.4, -0.2) is 0 Å². The summed E-state index contributed by atoms with van der Waals surface area (Å²) < 4.78 is 0. The fourth-order valence-electron chi connectivity index (χ4n) is 2.34. The first-order valence-corrected chi connectivity index (χ1v) is 7.24. The third-order valence-electron chi connectivity index (χ3n) is 3.33. The minimum atomic E-state index is 0.776. The molecular formula is C16H14S2. The monoisotopic (exact) mass is 270 g/mol. The Morgan fingerprint density at radius 3 is 1.39 bits per heavy atom. The molecule has 90 valence electrons. The van der Waals surface area contributed by atoms with Crippen LogP contribution in [0, 0.1) is 0 Å². The van der Waals surface area contributed by atoms with Crippen molar-refractivity contribution in [3.63, 3.8) is 0 Å². The Morgan fingerprint density at radius 2 is 1.00 bits per heavy atom. The summed E-state index contributed by atoms with van der Waals surface area (Å²) in [6, 6.07) is 17.5. The standard InChI is InChI=1S/C16H14S2/c17-9-11-1-3-13-5-6-14-4-2-12(10-18)8-16(14)15(13)7-11/h1-8,17-18H,9-10H2. The molecule has 0 saturated heterocycles. The molecular weight excluding hydrogens is 256 g/mol. The summed E-state index contributed by atoms with van der Waals surface area (Å²) in [5.74, 6) is 1.55. The topological polar surface area (TPSA) is 0 Å². The van der Waals surface area contributed by atoms with E-state index in [9.17, 15) is 0 Å². The van der Waals surface area contributed by atoms with Crippen molar-refractivity contribution < 1.29 is 0 Å². The van der Waals surface area contributed by atoms with Crippen molar-refractivity contribution in [2.75, 3.05) is 0 Å². The van der Waals surface area contributed by atoms with Crippen LogP contribution in [0.2, 0.25) is 0 Å². The summed E-state index contributed by atoms with van der Waals surface area (Å²) in [6.07, 6.45) is 0. The minimum absolute atomic E-state index is 0.776. The molecule has 0 unspecified atom stereocenters. The maximum absolute atomic E-state index is 4.36. The van der Waals surface area contributed by atoms with Gasteiger partial charge in [0.25, 0.3) is 0 Å². The number of hydrogen-bond donors (Lipinski definition) is 2. The highest BCUT2D eigenvalue weighted by Crippen LogP contribution is 2.28. The number of thiol groups is 2. The molecule has 0 spiro atoms. The quantitative estimate of drug-likeness (QED) is 0.482. The molecule has 0 radical (unpaired) electrons. The second-order valence-electron chi connectivity index (χ2n) is 4.49. The summed E-state index contributed by atoms with van der Waals surface area (Å²) in [7, 11) is 0. The van der Waals surface area contributed by atoms with Gasteiger partial charge in [0, 0.05) is 11.5 Å². The zero-order chi connectivity index (χ0) is 12.5. The van der Waals surface area contributed by atoms with Crippen LogP contribution < -0.4 is 0 Å². The van der Waals surface area contributed by atoms with E-state index in [-0.39, 0.29) is 0 Å². The van der Waals surface area contributed by atoms with E-state index in [0.717, 1.165) is 11.5 Å². The Balaban J connectivity index is 2.40. The van der Waals surface area contributed by atoms with Gasteiger partial charge in [-0.2, -0.15) is 25.3 Å². The number of benzene rings is 3. The van der Waals surface area contributed by atoms with Gasteiger partial charge in [-0.1, -0.05) is 36.4 Å². The predicted molar refractivity (Wildman–Crippen MR) is 86.8 cm³/mol. The van der Waals surface area contributed by atoms with Crippen molar-refractivity contribution in [2.24, 2.45) is 0 Å². The summed E-state index contributed by atoms with van der Waals surface area (Å²) in [4.78, 5) is 0. The fraction of sp³-hybridized carbons (Fsp3) is 0.125. The van der Waals surface area contributed by atoms with E-state index in [1.54, 1.807) is 0 Å². The van der Waals surface area contributed by atoms with Crippen LogP contribution >= 0.6 is 25.3 Å². The maximum Gasteiger partial charge on any atom is 0.0154 e. The molecule has 18 heavy (non-hydrogen) atoms. The van der Waals surface area contributed by atoms with Crippen molar-refractivity contribution in [1.82, 2.24) is 0 Å². The Bertz CT molecular complexity index is 654. The van der Waals surface area contributed by atoms with Gasteiger partial charge in [0.2, 0.25) is 0 Å². The summed E-state index contributed by atoms with van der Waals surface area (Å²) in [5, 5.41) is 5.18. The van der Waals surface area contributed by atoms with Gasteiger partial charge >= 0.3 is 0 Å². The van der Waals surface area contributed by atoms with Gasteiger partial charge in [-0.25, -0.2) is 0 Å². The van der Waals surface area contributed by atoms with Gasteiger partial charge < -0.3 is 0 Å². The van der Waals surface area contributed by atoms with Gasteiger partial charge in [-0.15, -0.1) is 0 Å². The first kappa shape index (κ1) is 11.9. The van der Waals surface area contributed by atoms with Crippen LogP contribution in [0.4, 0.5) is 0 Å². The van der Waals surface area contributed by atoms with Crippen LogP contribution in [0.3, 0.4) is 0 Å². The average Bonchev–Trinajstić information content (AvgIpc) is 2.45. The Kier molecular flexibility index (Phi) is 3.23. The molecule has 0 aliphatic carbocycles. The van der Waals surface area contributed by atoms with Gasteiger partial charge in [0.05, 0.1) is 0 Å². The lowest BCUT2D eigenvalue weighted by molar-refractivity contribution is 1.44. The highest BCUT2D eigenvalue weighted by atomic mass is 32.1. The Morgan fingerprint density at radius 1 is 0.611 bits per heavy atom. The molecule has 0 amide bonds. The van der Waals surface area contributed by atoms with Gasteiger partial charge in [0.15, 0.2) is 0 Å². The van der Waals surface area contributed by atoms with Crippen molar-refractivity contribution in [2.45, 2.75) is 11.5 Å². The highest BCUT2D eigenvalue weighted by molar-refractivity contribution is 7.79. The third-order valence-corrected chi connectivity index (χ3v) is 4.06. The molecule has 3 aromatic rings. The summed E-state index contributed by atoms with van der Waals surface area (Å²) in [5.41, 5.74) is 2.52. The molecule has 0 aromatic heterocycles. The number of fused-ring (bicyclic) bond motifs is 3. The molecule has 0 atom stereocenters. The molecule has 0 fully saturated rings. The summed E-state index contributed by atoms with van der Waals surface area (Å²) in [6.45, 7) is 0. The van der Waals surface area contributed by atoms with Crippen molar-refractivity contribution in [3.8, 4) is 0 Å². The van der Waals surface area contributed by atoms with Crippen molar-refractivity contribution in [3.05, 3.63) is 59.7 Å². The maximum atomic E-state index is 4.36. The van der Waals surface area contributed by atoms with E-state index in [2.05, 4.69) is 73.8 Å². The highest BCUT2D eigenvalue weighted by Gasteiger charge is 2.02. The normalized spacial score (nSPS) is 11.2. The van der Waals surface area contributed by atoms with Crippen LogP contribution in [0.5, 0.6) is 0 Å². The predicted octanol–water partition coefficient (Wildman–Crippen LogP) is 4.85. The van der Waals surface area contributed by atoms with Crippen molar-refractivity contribution >= 4 is 46.8 Å². The molecule has 0 heterocycles. The first-order valence-electron chi connectivity index (χ1n) is 5.98. The third kappa shape index (κ3) is 2.00. The van der Waals surface area contributed by atoms with E-state index in [4.69, 9.17) is 0 Å². The van der Waals surface area contributed by atoms with E-state index < -0.39 is 0 Å². The van der Waals surface area contributed by atoms with E-state index >= 15 is 0 Å². The zero-order valence-corrected chi connectivity index (χ0v) is 11.7. The lowest BCUT2D eigenvalue weighted by Gasteiger charge is -2.07. The SMILES string of the molecule is SCc1ccc2ccc3ccc(CS)cc3c2c1. The largest absolute Gasteiger partial charge is 0.175 e. The van der Waals surface area contributed by atoms with Crippen LogP contribution in [0.1, 0.15) is 11.1 Å². The van der Waals surface area contributed by atoms with Crippen LogP contribution in [-0.2, 0) is 11.5 Å². The van der Waals surface area contributed by atoms with Gasteiger partial charge in [-0.3, -0.25) is 0 Å². The average molecular weight is 270 g/mol. The summed E-state index contributed by atoms with van der Waals surface area (Å²) >= 11 is 8.71. The molecule has 2 heteroatoms. The first-order chi connectivity index (χ1) is 8.81. The molecule has 0 nitrogen and oxygen atoms in total. The molecule has 0 bridgehead atoms. The zero-order valence-electron chi connectivity index (χ0n) is 9.93. The molecule has 0 aliphatic rings. The molecule has 0 saturated carbocycles. The van der Waals surface area contributed by atoms with E-state index in [1.807, 2.05) is 0 Å². The molecule has 3 rings (SSSR count). The van der Waals surface area contributed by atoms with E-state index in [1.165, 1.54) is 32.7 Å². The van der Waals surface area contributed by atoms with Crippen LogP contribution in [0.25, 0.3) is 21.5 Å². The molecule has 3 aromatic carbocycles. The smallest absolute Gasteiger partial charge is 0.0154 e. The van der Waals surface area contributed by atoms with E-state index in [0.29, 0.717) is 0 Å². The van der Waals surface area contributed by atoms with Gasteiger partial charge in [0.1, 0.15) is 0 Å². The second-order valence-corrected chi connectivity index (χ2v) is 5.13. The van der Waals surface area contributed by atoms with Gasteiger partial charge in [-0.05, 0) is 44.8 Å².